The molecule has 0 aliphatic heterocycles. The molecule has 0 bridgehead atoms. The van der Waals surface area contributed by atoms with Crippen molar-refractivity contribution in [3.8, 4) is 0 Å². The quantitative estimate of drug-likeness (QED) is 0.293. The molecule has 0 aromatic heterocycles. The second kappa shape index (κ2) is 5.70. The van der Waals surface area contributed by atoms with E-state index in [0.717, 1.165) is 14.5 Å². The van der Waals surface area contributed by atoms with Crippen LogP contribution in [0.1, 0.15) is 5.56 Å². The molecule has 8 heteroatoms. The Morgan fingerprint density at radius 2 is 2.00 bits per heavy atom. The molecule has 17 heavy (non-hydrogen) atoms. The van der Waals surface area contributed by atoms with Gasteiger partial charge in [0.05, 0.1) is 10.7 Å². The monoisotopic (exact) mass is 381 g/mol. The van der Waals surface area contributed by atoms with Crippen LogP contribution >= 0.6 is 43.5 Å². The van der Waals surface area contributed by atoms with E-state index in [1.807, 2.05) is 13.0 Å². The van der Waals surface area contributed by atoms with Gasteiger partial charge in [-0.3, -0.25) is 16.1 Å². The summed E-state index contributed by atoms with van der Waals surface area (Å²) in [7, 11) is 0. The predicted octanol–water partition coefficient (Wildman–Crippen LogP) is 3.00. The highest BCUT2D eigenvalue weighted by molar-refractivity contribution is 9.11. The first kappa shape index (κ1) is 14.3. The molecule has 0 atom stereocenters. The minimum absolute atomic E-state index is 0.129. The zero-order valence-electron chi connectivity index (χ0n) is 8.79. The van der Waals surface area contributed by atoms with Crippen molar-refractivity contribution < 1.29 is 0 Å². The fourth-order valence-corrected chi connectivity index (χ4v) is 2.48. The molecule has 1 aromatic carbocycles. The van der Waals surface area contributed by atoms with E-state index in [4.69, 9.17) is 28.2 Å². The molecular weight excluding hydrogens is 373 g/mol. The molecule has 92 valence electrons. The summed E-state index contributed by atoms with van der Waals surface area (Å²) in [6, 6.07) is 1.86. The van der Waals surface area contributed by atoms with Crippen LogP contribution < -0.4 is 16.4 Å². The van der Waals surface area contributed by atoms with Gasteiger partial charge in [0.2, 0.25) is 0 Å². The van der Waals surface area contributed by atoms with Crippen molar-refractivity contribution in [3.05, 3.63) is 25.6 Å². The third-order valence-electron chi connectivity index (χ3n) is 1.85. The molecule has 0 heterocycles. The van der Waals surface area contributed by atoms with Gasteiger partial charge in [-0.15, -0.1) is 0 Å². The van der Waals surface area contributed by atoms with E-state index in [9.17, 15) is 0 Å². The number of hydrogen-bond acceptors (Lipinski definition) is 2. The lowest BCUT2D eigenvalue weighted by Gasteiger charge is -2.14. The summed E-state index contributed by atoms with van der Waals surface area (Å²) < 4.78 is 1.47. The standard InChI is InChI=1S/C9H10Br2ClN5/c1-3-2-4(10)7(6(12)5(3)11)16-9(15)17-8(13)14/h2H,1H3,(H6,13,14,15,16,17). The Hall–Kier alpha value is -0.790. The van der Waals surface area contributed by atoms with Gasteiger partial charge in [-0.1, -0.05) is 11.6 Å². The Kier molecular flexibility index (Phi) is 4.79. The molecule has 0 saturated carbocycles. The Labute approximate surface area is 120 Å². The summed E-state index contributed by atoms with van der Waals surface area (Å²) in [5.41, 5.74) is 6.62. The maximum Gasteiger partial charge on any atom is 0.199 e. The number of aryl methyl sites for hydroxylation is 1. The predicted molar refractivity (Wildman–Crippen MR) is 78.0 cm³/mol. The SMILES string of the molecule is Cc1cc(Br)c(NC(=N)NC(=N)N)c(Cl)c1Br. The lowest BCUT2D eigenvalue weighted by atomic mass is 10.2. The molecule has 0 unspecified atom stereocenters. The van der Waals surface area contributed by atoms with Crippen molar-refractivity contribution in [2.45, 2.75) is 6.92 Å². The Balaban J connectivity index is 3.03. The number of benzene rings is 1. The van der Waals surface area contributed by atoms with E-state index >= 15 is 0 Å². The summed E-state index contributed by atoms with van der Waals surface area (Å²) in [6.45, 7) is 1.91. The van der Waals surface area contributed by atoms with Gasteiger partial charge in [-0.2, -0.15) is 0 Å². The fraction of sp³-hybridized carbons (Fsp3) is 0.111. The molecule has 0 radical (unpaired) electrons. The van der Waals surface area contributed by atoms with E-state index in [-0.39, 0.29) is 11.9 Å². The van der Waals surface area contributed by atoms with Gasteiger partial charge in [-0.25, -0.2) is 0 Å². The topological polar surface area (TPSA) is 97.8 Å². The number of halogens is 3. The molecule has 6 N–H and O–H groups in total. The van der Waals surface area contributed by atoms with Crippen LogP contribution in [0.3, 0.4) is 0 Å². The second-order valence-corrected chi connectivity index (χ2v) is 5.24. The van der Waals surface area contributed by atoms with Gasteiger partial charge in [0, 0.05) is 8.95 Å². The Morgan fingerprint density at radius 1 is 1.41 bits per heavy atom. The van der Waals surface area contributed by atoms with Crippen molar-refractivity contribution in [2.24, 2.45) is 5.73 Å². The average molecular weight is 383 g/mol. The first-order valence-corrected chi connectivity index (χ1v) is 6.40. The maximum absolute atomic E-state index is 7.54. The Morgan fingerprint density at radius 3 is 2.53 bits per heavy atom. The molecule has 0 aliphatic rings. The molecule has 0 aliphatic carbocycles. The van der Waals surface area contributed by atoms with Gasteiger partial charge < -0.3 is 11.1 Å². The summed E-state index contributed by atoms with van der Waals surface area (Å²) >= 11 is 12.8. The number of guanidine groups is 2. The van der Waals surface area contributed by atoms with E-state index in [1.54, 1.807) is 0 Å². The highest BCUT2D eigenvalue weighted by Crippen LogP contribution is 2.38. The number of nitrogens with one attached hydrogen (secondary N) is 4. The fourth-order valence-electron chi connectivity index (χ4n) is 1.12. The molecule has 5 nitrogen and oxygen atoms in total. The van der Waals surface area contributed by atoms with Crippen LogP contribution in [-0.4, -0.2) is 11.9 Å². The van der Waals surface area contributed by atoms with Crippen molar-refractivity contribution in [3.63, 3.8) is 0 Å². The lowest BCUT2D eigenvalue weighted by Crippen LogP contribution is -2.39. The normalized spacial score (nSPS) is 9.88. The van der Waals surface area contributed by atoms with Gasteiger partial charge in [0.15, 0.2) is 11.9 Å². The smallest absolute Gasteiger partial charge is 0.199 e. The summed E-state index contributed by atoms with van der Waals surface area (Å²) in [6.07, 6.45) is 0. The van der Waals surface area contributed by atoms with E-state index < -0.39 is 0 Å². The van der Waals surface area contributed by atoms with Gasteiger partial charge in [0.1, 0.15) is 0 Å². The van der Waals surface area contributed by atoms with Gasteiger partial charge in [0.25, 0.3) is 0 Å². The minimum Gasteiger partial charge on any atom is -0.370 e. The third kappa shape index (κ3) is 3.58. The number of rotatable bonds is 1. The van der Waals surface area contributed by atoms with Crippen LogP contribution in [0, 0.1) is 17.7 Å². The number of hydrogen-bond donors (Lipinski definition) is 5. The lowest BCUT2D eigenvalue weighted by molar-refractivity contribution is 1.20. The first-order chi connectivity index (χ1) is 7.82. The molecule has 0 spiro atoms. The summed E-state index contributed by atoms with van der Waals surface area (Å²) in [5, 5.41) is 20.0. The molecule has 1 rings (SSSR count). The van der Waals surface area contributed by atoms with E-state index in [1.165, 1.54) is 0 Å². The van der Waals surface area contributed by atoms with Crippen LogP contribution in [0.4, 0.5) is 5.69 Å². The summed E-state index contributed by atoms with van der Waals surface area (Å²) in [4.78, 5) is 0. The van der Waals surface area contributed by atoms with Crippen LogP contribution in [0.15, 0.2) is 15.0 Å². The van der Waals surface area contributed by atoms with Crippen LogP contribution in [0.5, 0.6) is 0 Å². The van der Waals surface area contributed by atoms with Crippen molar-refractivity contribution >= 4 is 61.1 Å². The zero-order valence-corrected chi connectivity index (χ0v) is 12.7. The number of anilines is 1. The average Bonchev–Trinajstić information content (AvgIpc) is 2.20. The molecule has 0 fully saturated rings. The van der Waals surface area contributed by atoms with Crippen molar-refractivity contribution in [1.29, 1.82) is 10.8 Å². The highest BCUT2D eigenvalue weighted by Gasteiger charge is 2.13. The van der Waals surface area contributed by atoms with Crippen LogP contribution in [0.25, 0.3) is 0 Å². The zero-order chi connectivity index (χ0) is 13.2. The Bertz CT molecular complexity index is 489. The van der Waals surface area contributed by atoms with E-state index in [2.05, 4.69) is 42.5 Å². The van der Waals surface area contributed by atoms with Crippen LogP contribution in [-0.2, 0) is 0 Å². The number of nitrogens with two attached hydrogens (primary N) is 1. The second-order valence-electron chi connectivity index (χ2n) is 3.22. The maximum atomic E-state index is 7.54. The molecule has 1 aromatic rings. The van der Waals surface area contributed by atoms with Gasteiger partial charge in [-0.05, 0) is 50.4 Å². The van der Waals surface area contributed by atoms with E-state index in [0.29, 0.717) is 10.7 Å². The highest BCUT2D eigenvalue weighted by atomic mass is 79.9. The minimum atomic E-state index is -0.319. The van der Waals surface area contributed by atoms with Crippen molar-refractivity contribution in [1.82, 2.24) is 5.32 Å². The summed E-state index contributed by atoms with van der Waals surface area (Å²) in [5.74, 6) is -0.447. The van der Waals surface area contributed by atoms with Crippen molar-refractivity contribution in [2.75, 3.05) is 5.32 Å². The molecule has 0 amide bonds. The molecular formula is C9H10Br2ClN5. The van der Waals surface area contributed by atoms with Crippen LogP contribution in [0.2, 0.25) is 5.02 Å². The molecule has 0 saturated heterocycles. The third-order valence-corrected chi connectivity index (χ3v) is 4.10. The first-order valence-electron chi connectivity index (χ1n) is 4.43. The largest absolute Gasteiger partial charge is 0.370 e. The van der Waals surface area contributed by atoms with Gasteiger partial charge >= 0.3 is 0 Å².